The van der Waals surface area contributed by atoms with Crippen molar-refractivity contribution < 1.29 is 14.8 Å². The van der Waals surface area contributed by atoms with Gasteiger partial charge in [-0.3, -0.25) is 14.9 Å². The highest BCUT2D eigenvalue weighted by atomic mass is 16.6. The highest BCUT2D eigenvalue weighted by Crippen LogP contribution is 2.18. The molecule has 1 atom stereocenters. The lowest BCUT2D eigenvalue weighted by Gasteiger charge is -2.11. The summed E-state index contributed by atoms with van der Waals surface area (Å²) in [7, 11) is 0. The molecule has 2 aromatic rings. The molecule has 20 heavy (non-hydrogen) atoms. The molecule has 0 saturated heterocycles. The van der Waals surface area contributed by atoms with Crippen LogP contribution in [0.3, 0.4) is 0 Å². The second-order valence-corrected chi connectivity index (χ2v) is 4.11. The molecule has 102 valence electrons. The minimum Gasteiger partial charge on any atom is -0.378 e. The van der Waals surface area contributed by atoms with Crippen LogP contribution in [-0.4, -0.2) is 15.9 Å². The number of rotatable bonds is 4. The third-order valence-electron chi connectivity index (χ3n) is 2.71. The molecule has 0 aromatic heterocycles. The zero-order valence-electron chi connectivity index (χ0n) is 10.4. The van der Waals surface area contributed by atoms with Crippen molar-refractivity contribution in [3.05, 3.63) is 70.3 Å². The Morgan fingerprint density at radius 1 is 1.10 bits per heavy atom. The summed E-state index contributed by atoms with van der Waals surface area (Å²) in [4.78, 5) is 21.8. The number of aliphatic hydroxyl groups is 1. The van der Waals surface area contributed by atoms with Gasteiger partial charge in [-0.1, -0.05) is 30.3 Å². The molecule has 2 rings (SSSR count). The molecule has 0 bridgehead atoms. The number of benzene rings is 2. The fraction of sp³-hybridized carbons (Fsp3) is 0.0714. The third-order valence-corrected chi connectivity index (χ3v) is 2.71. The third kappa shape index (κ3) is 3.18. The molecule has 2 aromatic carbocycles. The van der Waals surface area contributed by atoms with Gasteiger partial charge in [-0.05, 0) is 17.7 Å². The SMILES string of the molecule is O=C(Nc1ccc([N+](=O)[O-])cc1)[C@H](O)c1ccccc1. The lowest BCUT2D eigenvalue weighted by molar-refractivity contribution is -0.384. The number of anilines is 1. The number of carbonyl (C=O) groups excluding carboxylic acids is 1. The van der Waals surface area contributed by atoms with Gasteiger partial charge in [-0.25, -0.2) is 0 Å². The van der Waals surface area contributed by atoms with Gasteiger partial charge in [0.05, 0.1) is 4.92 Å². The average molecular weight is 272 g/mol. The van der Waals surface area contributed by atoms with Crippen molar-refractivity contribution in [1.82, 2.24) is 0 Å². The van der Waals surface area contributed by atoms with E-state index in [1.54, 1.807) is 30.3 Å². The first-order valence-corrected chi connectivity index (χ1v) is 5.86. The summed E-state index contributed by atoms with van der Waals surface area (Å²) in [6, 6.07) is 13.9. The van der Waals surface area contributed by atoms with Gasteiger partial charge in [0.25, 0.3) is 11.6 Å². The van der Waals surface area contributed by atoms with E-state index in [9.17, 15) is 20.0 Å². The Morgan fingerprint density at radius 3 is 2.25 bits per heavy atom. The van der Waals surface area contributed by atoms with Crippen molar-refractivity contribution >= 4 is 17.3 Å². The molecule has 0 fully saturated rings. The minimum absolute atomic E-state index is 0.0633. The fourth-order valence-electron chi connectivity index (χ4n) is 1.66. The predicted octanol–water partition coefficient (Wildman–Crippen LogP) is 2.27. The predicted molar refractivity (Wildman–Crippen MR) is 73.1 cm³/mol. The van der Waals surface area contributed by atoms with Gasteiger partial charge in [0.15, 0.2) is 6.10 Å². The van der Waals surface area contributed by atoms with E-state index in [-0.39, 0.29) is 5.69 Å². The Morgan fingerprint density at radius 2 is 1.70 bits per heavy atom. The summed E-state index contributed by atoms with van der Waals surface area (Å²) in [5, 5.41) is 22.9. The molecule has 0 aliphatic heterocycles. The number of carbonyl (C=O) groups is 1. The van der Waals surface area contributed by atoms with E-state index in [0.717, 1.165) is 0 Å². The lowest BCUT2D eigenvalue weighted by Crippen LogP contribution is -2.20. The molecular weight excluding hydrogens is 260 g/mol. The standard InChI is InChI=1S/C14H12N2O4/c17-13(10-4-2-1-3-5-10)14(18)15-11-6-8-12(9-7-11)16(19)20/h1-9,13,17H,(H,15,18)/t13-/m1/s1. The van der Waals surface area contributed by atoms with Crippen molar-refractivity contribution in [1.29, 1.82) is 0 Å². The molecule has 0 heterocycles. The van der Waals surface area contributed by atoms with Gasteiger partial charge >= 0.3 is 0 Å². The summed E-state index contributed by atoms with van der Waals surface area (Å²) >= 11 is 0. The van der Waals surface area contributed by atoms with Gasteiger partial charge in [0.1, 0.15) is 0 Å². The normalized spacial score (nSPS) is 11.7. The topological polar surface area (TPSA) is 92.5 Å². The van der Waals surface area contributed by atoms with Crippen molar-refractivity contribution in [2.45, 2.75) is 6.10 Å². The molecule has 1 amide bonds. The Kier molecular flexibility index (Phi) is 4.07. The van der Waals surface area contributed by atoms with E-state index in [4.69, 9.17) is 0 Å². The summed E-state index contributed by atoms with van der Waals surface area (Å²) in [5.41, 5.74) is 0.800. The van der Waals surface area contributed by atoms with Crippen molar-refractivity contribution in [3.63, 3.8) is 0 Å². The van der Waals surface area contributed by atoms with Crippen LogP contribution in [0.15, 0.2) is 54.6 Å². The maximum absolute atomic E-state index is 11.8. The lowest BCUT2D eigenvalue weighted by atomic mass is 10.1. The molecule has 0 spiro atoms. The Labute approximate surface area is 114 Å². The van der Waals surface area contributed by atoms with Crippen molar-refractivity contribution in [3.8, 4) is 0 Å². The maximum Gasteiger partial charge on any atom is 0.269 e. The van der Waals surface area contributed by atoms with Crippen LogP contribution in [0, 0.1) is 10.1 Å². The Balaban J connectivity index is 2.06. The zero-order valence-corrected chi connectivity index (χ0v) is 10.4. The van der Waals surface area contributed by atoms with E-state index in [1.807, 2.05) is 0 Å². The van der Waals surface area contributed by atoms with Crippen LogP contribution in [-0.2, 0) is 4.79 Å². The van der Waals surface area contributed by atoms with Gasteiger partial charge in [0.2, 0.25) is 0 Å². The molecular formula is C14H12N2O4. The molecule has 0 aliphatic carbocycles. The summed E-state index contributed by atoms with van der Waals surface area (Å²) < 4.78 is 0. The summed E-state index contributed by atoms with van der Waals surface area (Å²) in [6.07, 6.45) is -1.29. The molecule has 6 heteroatoms. The number of hydrogen-bond donors (Lipinski definition) is 2. The van der Waals surface area contributed by atoms with Crippen LogP contribution in [0.4, 0.5) is 11.4 Å². The van der Waals surface area contributed by atoms with Crippen molar-refractivity contribution in [2.75, 3.05) is 5.32 Å². The van der Waals surface area contributed by atoms with Gasteiger partial charge in [-0.2, -0.15) is 0 Å². The Hall–Kier alpha value is -2.73. The fourth-order valence-corrected chi connectivity index (χ4v) is 1.66. The summed E-state index contributed by atoms with van der Waals surface area (Å²) in [6.45, 7) is 0. The quantitative estimate of drug-likeness (QED) is 0.659. The molecule has 6 nitrogen and oxygen atoms in total. The monoisotopic (exact) mass is 272 g/mol. The van der Waals surface area contributed by atoms with Crippen LogP contribution in [0.1, 0.15) is 11.7 Å². The molecule has 2 N–H and O–H groups in total. The number of aliphatic hydroxyl groups excluding tert-OH is 1. The number of hydrogen-bond acceptors (Lipinski definition) is 4. The van der Waals surface area contributed by atoms with Crippen LogP contribution in [0.2, 0.25) is 0 Å². The van der Waals surface area contributed by atoms with Gasteiger partial charge in [0, 0.05) is 17.8 Å². The van der Waals surface area contributed by atoms with E-state index in [1.165, 1.54) is 24.3 Å². The highest BCUT2D eigenvalue weighted by Gasteiger charge is 2.17. The van der Waals surface area contributed by atoms with Crippen molar-refractivity contribution in [2.24, 2.45) is 0 Å². The zero-order chi connectivity index (χ0) is 14.5. The molecule has 0 saturated carbocycles. The van der Waals surface area contributed by atoms with E-state index in [0.29, 0.717) is 11.3 Å². The van der Waals surface area contributed by atoms with Gasteiger partial charge < -0.3 is 10.4 Å². The maximum atomic E-state index is 11.8. The van der Waals surface area contributed by atoms with Crippen LogP contribution < -0.4 is 5.32 Å². The average Bonchev–Trinajstić information content (AvgIpc) is 2.48. The second-order valence-electron chi connectivity index (χ2n) is 4.11. The summed E-state index contributed by atoms with van der Waals surface area (Å²) in [5.74, 6) is -0.593. The van der Waals surface area contributed by atoms with E-state index in [2.05, 4.69) is 5.32 Å². The molecule has 0 radical (unpaired) electrons. The van der Waals surface area contributed by atoms with Crippen LogP contribution in [0.25, 0.3) is 0 Å². The highest BCUT2D eigenvalue weighted by molar-refractivity contribution is 5.94. The Bertz CT molecular complexity index is 611. The minimum atomic E-state index is -1.29. The molecule has 0 aliphatic rings. The number of non-ortho nitro benzene ring substituents is 1. The second kappa shape index (κ2) is 5.94. The number of nitrogens with zero attached hydrogens (tertiary/aromatic N) is 1. The molecule has 0 unspecified atom stereocenters. The van der Waals surface area contributed by atoms with E-state index < -0.39 is 16.9 Å². The number of nitro groups is 1. The van der Waals surface area contributed by atoms with Gasteiger partial charge in [-0.15, -0.1) is 0 Å². The van der Waals surface area contributed by atoms with Crippen LogP contribution in [0.5, 0.6) is 0 Å². The number of nitro benzene ring substituents is 1. The number of amides is 1. The number of nitrogens with one attached hydrogen (secondary N) is 1. The first-order valence-electron chi connectivity index (χ1n) is 5.86. The largest absolute Gasteiger partial charge is 0.378 e. The van der Waals surface area contributed by atoms with Crippen LogP contribution >= 0.6 is 0 Å². The van der Waals surface area contributed by atoms with E-state index >= 15 is 0 Å². The first kappa shape index (κ1) is 13.7. The first-order chi connectivity index (χ1) is 9.58. The smallest absolute Gasteiger partial charge is 0.269 e.